The third-order valence-corrected chi connectivity index (χ3v) is 6.03. The predicted octanol–water partition coefficient (Wildman–Crippen LogP) is 3.84. The summed E-state index contributed by atoms with van der Waals surface area (Å²) in [6.45, 7) is 1.71. The molecule has 0 saturated carbocycles. The molecule has 194 valence electrons. The summed E-state index contributed by atoms with van der Waals surface area (Å²) >= 11 is 6.35. The molecule has 0 radical (unpaired) electrons. The van der Waals surface area contributed by atoms with E-state index in [2.05, 4.69) is 30.8 Å². The zero-order valence-electron chi connectivity index (χ0n) is 21.1. The van der Waals surface area contributed by atoms with Crippen molar-refractivity contribution in [3.05, 3.63) is 64.8 Å². The Hall–Kier alpha value is -4.09. The number of halogens is 1. The molecular weight excluding hydrogens is 496 g/mol. The van der Waals surface area contributed by atoms with E-state index in [1.807, 2.05) is 31.3 Å². The number of fused-ring (bicyclic) bond motifs is 1. The van der Waals surface area contributed by atoms with Crippen molar-refractivity contribution in [2.24, 2.45) is 0 Å². The fourth-order valence-electron chi connectivity index (χ4n) is 3.75. The highest BCUT2D eigenvalue weighted by atomic mass is 35.5. The van der Waals surface area contributed by atoms with Gasteiger partial charge >= 0.3 is 6.09 Å². The molecule has 2 heterocycles. The zero-order valence-corrected chi connectivity index (χ0v) is 21.8. The number of carbonyl (C=O) groups is 2. The number of benzene rings is 2. The van der Waals surface area contributed by atoms with E-state index in [0.717, 1.165) is 16.9 Å². The van der Waals surface area contributed by atoms with Gasteiger partial charge in [-0.1, -0.05) is 29.8 Å². The van der Waals surface area contributed by atoms with Crippen LogP contribution in [0.25, 0.3) is 0 Å². The maximum Gasteiger partial charge on any atom is 0.428 e. The molecule has 3 aromatic rings. The Morgan fingerprint density at radius 1 is 1.11 bits per heavy atom. The number of carbonyl (C=O) groups excluding carboxylic acids is 2. The lowest BCUT2D eigenvalue weighted by Gasteiger charge is -2.21. The molecule has 0 spiro atoms. The van der Waals surface area contributed by atoms with Crippen LogP contribution in [0.2, 0.25) is 5.02 Å². The van der Waals surface area contributed by atoms with Crippen molar-refractivity contribution in [1.82, 2.24) is 25.2 Å². The lowest BCUT2D eigenvalue weighted by molar-refractivity contribution is -0.113. The molecule has 0 fully saturated rings. The van der Waals surface area contributed by atoms with E-state index in [1.165, 1.54) is 11.1 Å². The van der Waals surface area contributed by atoms with Gasteiger partial charge in [-0.2, -0.15) is 4.98 Å². The van der Waals surface area contributed by atoms with Crippen LogP contribution in [0.1, 0.15) is 15.9 Å². The molecule has 11 nitrogen and oxygen atoms in total. The number of aromatic nitrogens is 2. The summed E-state index contributed by atoms with van der Waals surface area (Å²) in [5.74, 6) is 0.471. The number of hydrogen-bond acceptors (Lipinski definition) is 9. The largest absolute Gasteiger partial charge is 0.428 e. The van der Waals surface area contributed by atoms with Gasteiger partial charge in [0, 0.05) is 46.1 Å². The highest BCUT2D eigenvalue weighted by Gasteiger charge is 2.22. The highest BCUT2D eigenvalue weighted by Crippen LogP contribution is 2.30. The van der Waals surface area contributed by atoms with Crippen LogP contribution in [0.15, 0.2) is 48.7 Å². The Morgan fingerprint density at radius 3 is 2.65 bits per heavy atom. The summed E-state index contributed by atoms with van der Waals surface area (Å²) in [4.78, 5) is 42.0. The molecule has 0 bridgehead atoms. The molecule has 1 aliphatic heterocycles. The van der Waals surface area contributed by atoms with Gasteiger partial charge in [-0.25, -0.2) is 9.78 Å². The van der Waals surface area contributed by atoms with Gasteiger partial charge in [0.25, 0.3) is 5.91 Å². The average Bonchev–Trinajstić information content (AvgIpc) is 3.04. The van der Waals surface area contributed by atoms with E-state index in [-0.39, 0.29) is 5.91 Å². The first-order valence-electron chi connectivity index (χ1n) is 11.6. The van der Waals surface area contributed by atoms with Gasteiger partial charge in [0.2, 0.25) is 5.95 Å². The number of hydroxylamine groups is 2. The Bertz CT molecular complexity index is 1300. The van der Waals surface area contributed by atoms with Gasteiger partial charge in [-0.15, -0.1) is 5.06 Å². The Balaban J connectivity index is 1.53. The molecule has 0 unspecified atom stereocenters. The van der Waals surface area contributed by atoms with Gasteiger partial charge < -0.3 is 30.6 Å². The van der Waals surface area contributed by atoms with Crippen LogP contribution >= 0.6 is 11.6 Å². The Kier molecular flexibility index (Phi) is 7.95. The molecule has 0 atom stereocenters. The van der Waals surface area contributed by atoms with Crippen LogP contribution in [-0.4, -0.2) is 73.2 Å². The van der Waals surface area contributed by atoms with Crippen molar-refractivity contribution in [3.63, 3.8) is 0 Å². The standard InChI is InChI=1S/C25H29ClN8O3/c1-27-23(35)18-7-5-6-8-20(18)30-22-19(26)14-28-24(31-22)29-17-10-9-16-15-34(37-25(36)32(2)3)12-11-33(4)21(16)13-17/h5-10,13-14H,11-12,15H2,1-4H3,(H,27,35)(H2,28,29,30,31). The Labute approximate surface area is 220 Å². The molecule has 2 aromatic carbocycles. The summed E-state index contributed by atoms with van der Waals surface area (Å²) in [5.41, 5.74) is 3.83. The maximum atomic E-state index is 12.2. The fourth-order valence-corrected chi connectivity index (χ4v) is 3.89. The second kappa shape index (κ2) is 11.3. The number of hydrogen-bond donors (Lipinski definition) is 3. The molecule has 1 aliphatic rings. The molecule has 4 rings (SSSR count). The van der Waals surface area contributed by atoms with Crippen LogP contribution in [0.4, 0.5) is 33.6 Å². The Morgan fingerprint density at radius 2 is 1.89 bits per heavy atom. The monoisotopic (exact) mass is 524 g/mol. The summed E-state index contributed by atoms with van der Waals surface area (Å²) in [6.07, 6.45) is 1.08. The van der Waals surface area contributed by atoms with Crippen molar-refractivity contribution < 1.29 is 14.4 Å². The predicted molar refractivity (Wildman–Crippen MR) is 144 cm³/mol. The van der Waals surface area contributed by atoms with E-state index < -0.39 is 6.09 Å². The van der Waals surface area contributed by atoms with Gasteiger partial charge in [-0.3, -0.25) is 4.79 Å². The summed E-state index contributed by atoms with van der Waals surface area (Å²) < 4.78 is 0. The summed E-state index contributed by atoms with van der Waals surface area (Å²) in [6, 6.07) is 13.0. The molecular formula is C25H29ClN8O3. The van der Waals surface area contributed by atoms with E-state index in [1.54, 1.807) is 44.4 Å². The quantitative estimate of drug-likeness (QED) is 0.442. The lowest BCUT2D eigenvalue weighted by atomic mass is 10.1. The second-order valence-electron chi connectivity index (χ2n) is 8.65. The van der Waals surface area contributed by atoms with Gasteiger partial charge in [0.15, 0.2) is 5.82 Å². The number of nitrogens with zero attached hydrogens (tertiary/aromatic N) is 5. The van der Waals surface area contributed by atoms with E-state index in [0.29, 0.717) is 47.7 Å². The summed E-state index contributed by atoms with van der Waals surface area (Å²) in [5, 5.41) is 11.0. The van der Waals surface area contributed by atoms with Gasteiger partial charge in [0.05, 0.1) is 30.5 Å². The molecule has 12 heteroatoms. The molecule has 2 amide bonds. The van der Waals surface area contributed by atoms with Gasteiger partial charge in [-0.05, 0) is 29.8 Å². The fraction of sp³-hybridized carbons (Fsp3) is 0.280. The topological polar surface area (TPSA) is 115 Å². The van der Waals surface area contributed by atoms with Gasteiger partial charge in [0.1, 0.15) is 5.02 Å². The van der Waals surface area contributed by atoms with Crippen molar-refractivity contribution in [3.8, 4) is 0 Å². The molecule has 1 aromatic heterocycles. The number of para-hydroxylation sites is 1. The number of likely N-dealkylation sites (N-methyl/N-ethyl adjacent to an activating group) is 1. The van der Waals surface area contributed by atoms with E-state index in [4.69, 9.17) is 16.4 Å². The average molecular weight is 525 g/mol. The zero-order chi connectivity index (χ0) is 26.5. The third kappa shape index (κ3) is 6.19. The molecule has 37 heavy (non-hydrogen) atoms. The number of nitrogens with one attached hydrogen (secondary N) is 3. The minimum atomic E-state index is -0.411. The first-order valence-corrected chi connectivity index (χ1v) is 12.0. The molecule has 0 saturated heterocycles. The number of rotatable bonds is 6. The highest BCUT2D eigenvalue weighted by molar-refractivity contribution is 6.33. The van der Waals surface area contributed by atoms with E-state index in [9.17, 15) is 9.59 Å². The molecule has 3 N–H and O–H groups in total. The SMILES string of the molecule is CNC(=O)c1ccccc1Nc1nc(Nc2ccc3c(c2)N(C)CCN(OC(=O)N(C)C)C3)ncc1Cl. The van der Waals surface area contributed by atoms with Crippen LogP contribution < -0.4 is 20.9 Å². The smallest absolute Gasteiger partial charge is 0.373 e. The first kappa shape index (κ1) is 26.0. The van der Waals surface area contributed by atoms with Crippen molar-refractivity contribution in [1.29, 1.82) is 0 Å². The van der Waals surface area contributed by atoms with Crippen LogP contribution in [0.5, 0.6) is 0 Å². The normalized spacial score (nSPS) is 13.3. The minimum absolute atomic E-state index is 0.226. The third-order valence-electron chi connectivity index (χ3n) is 5.75. The maximum absolute atomic E-state index is 12.2. The van der Waals surface area contributed by atoms with Crippen molar-refractivity contribution in [2.75, 3.05) is 56.8 Å². The van der Waals surface area contributed by atoms with Crippen LogP contribution in [0, 0.1) is 0 Å². The lowest BCUT2D eigenvalue weighted by Crippen LogP contribution is -2.35. The second-order valence-corrected chi connectivity index (χ2v) is 9.05. The van der Waals surface area contributed by atoms with Crippen molar-refractivity contribution >= 4 is 52.4 Å². The van der Waals surface area contributed by atoms with Crippen LogP contribution in [0.3, 0.4) is 0 Å². The first-order chi connectivity index (χ1) is 17.7. The molecule has 0 aliphatic carbocycles. The number of anilines is 5. The number of amides is 2. The van der Waals surface area contributed by atoms with E-state index >= 15 is 0 Å². The minimum Gasteiger partial charge on any atom is -0.373 e. The van der Waals surface area contributed by atoms with Crippen molar-refractivity contribution in [2.45, 2.75) is 6.54 Å². The van der Waals surface area contributed by atoms with Crippen LogP contribution in [-0.2, 0) is 11.4 Å². The summed E-state index contributed by atoms with van der Waals surface area (Å²) in [7, 11) is 6.87.